The molecular weight excluding hydrogens is 312 g/mol. The third kappa shape index (κ3) is 4.40. The van der Waals surface area contributed by atoms with Crippen molar-refractivity contribution in [1.29, 1.82) is 0 Å². The molecule has 122 valence electrons. The predicted molar refractivity (Wildman–Crippen MR) is 88.6 cm³/mol. The van der Waals surface area contributed by atoms with Crippen molar-refractivity contribution in [3.63, 3.8) is 0 Å². The molecule has 0 unspecified atom stereocenters. The number of nitrogens with two attached hydrogens (primary N) is 1. The van der Waals surface area contributed by atoms with Crippen LogP contribution in [0.2, 0.25) is 0 Å². The molecule has 0 radical (unpaired) electrons. The molecule has 2 N–H and O–H groups in total. The van der Waals surface area contributed by atoms with Gasteiger partial charge >= 0.3 is 0 Å². The molecule has 5 nitrogen and oxygen atoms in total. The van der Waals surface area contributed by atoms with Crippen molar-refractivity contribution in [2.45, 2.75) is 23.3 Å². The Balaban J connectivity index is 2.18. The van der Waals surface area contributed by atoms with Crippen molar-refractivity contribution < 1.29 is 13.2 Å². The van der Waals surface area contributed by atoms with Crippen molar-refractivity contribution in [2.75, 3.05) is 13.6 Å². The van der Waals surface area contributed by atoms with Gasteiger partial charge in [0.15, 0.2) is 0 Å². The first kappa shape index (κ1) is 17.2. The van der Waals surface area contributed by atoms with Crippen molar-refractivity contribution in [3.8, 4) is 0 Å². The molecule has 6 heteroatoms. The molecule has 0 fully saturated rings. The number of amides is 1. The van der Waals surface area contributed by atoms with Gasteiger partial charge in [-0.15, -0.1) is 0 Å². The lowest BCUT2D eigenvalue weighted by Crippen LogP contribution is -2.30. The van der Waals surface area contributed by atoms with Crippen molar-refractivity contribution in [1.82, 2.24) is 4.90 Å². The van der Waals surface area contributed by atoms with Crippen LogP contribution in [0.4, 0.5) is 0 Å². The van der Waals surface area contributed by atoms with E-state index in [0.717, 1.165) is 11.1 Å². The van der Waals surface area contributed by atoms with Crippen LogP contribution in [0.5, 0.6) is 0 Å². The Bertz CT molecular complexity index is 782. The fraction of sp³-hybridized carbons (Fsp3) is 0.235. The van der Waals surface area contributed by atoms with Crippen LogP contribution in [0.25, 0.3) is 0 Å². The van der Waals surface area contributed by atoms with E-state index in [1.807, 2.05) is 6.92 Å². The third-order valence-corrected chi connectivity index (χ3v) is 5.23. The van der Waals surface area contributed by atoms with Crippen LogP contribution in [0, 0.1) is 6.92 Å². The normalized spacial score (nSPS) is 11.6. The van der Waals surface area contributed by atoms with Crippen LogP contribution in [0.1, 0.15) is 11.1 Å². The van der Waals surface area contributed by atoms with Gasteiger partial charge in [0.2, 0.25) is 15.7 Å². The molecule has 0 bridgehead atoms. The van der Waals surface area contributed by atoms with Gasteiger partial charge in [-0.25, -0.2) is 8.42 Å². The number of likely N-dealkylation sites (N-methyl/N-ethyl adjacent to an activating group) is 1. The van der Waals surface area contributed by atoms with Gasteiger partial charge in [-0.2, -0.15) is 0 Å². The number of benzene rings is 2. The number of carbonyl (C=O) groups excluding carboxylic acids is 1. The molecule has 1 amide bonds. The molecule has 0 aliphatic heterocycles. The number of rotatable bonds is 6. The fourth-order valence-electron chi connectivity index (χ4n) is 2.26. The summed E-state index contributed by atoms with van der Waals surface area (Å²) in [5.41, 5.74) is 7.07. The second-order valence-electron chi connectivity index (χ2n) is 5.60. The Hall–Kier alpha value is -2.18. The number of sulfone groups is 1. The highest BCUT2D eigenvalue weighted by molar-refractivity contribution is 7.91. The van der Waals surface area contributed by atoms with E-state index in [-0.39, 0.29) is 16.3 Å². The fourth-order valence-corrected chi connectivity index (χ4v) is 3.52. The molecule has 2 aromatic rings. The first-order chi connectivity index (χ1) is 10.8. The summed E-state index contributed by atoms with van der Waals surface area (Å²) in [6, 6.07) is 13.4. The molecule has 0 atom stereocenters. The standard InChI is InChI=1S/C17H20N2O3S/c1-13-3-7-15(8-4-13)23(21,22)16-9-5-14(6-10-16)11-19(2)12-17(18)20/h3-10H,11-12H2,1-2H3,(H2,18,20). The molecule has 2 aromatic carbocycles. The molecule has 0 aliphatic carbocycles. The smallest absolute Gasteiger partial charge is 0.231 e. The Morgan fingerprint density at radius 1 is 1.00 bits per heavy atom. The summed E-state index contributed by atoms with van der Waals surface area (Å²) < 4.78 is 25.1. The highest BCUT2D eigenvalue weighted by Crippen LogP contribution is 2.21. The van der Waals surface area contributed by atoms with E-state index >= 15 is 0 Å². The van der Waals surface area contributed by atoms with E-state index in [0.29, 0.717) is 6.54 Å². The summed E-state index contributed by atoms with van der Waals surface area (Å²) >= 11 is 0. The number of hydrogen-bond donors (Lipinski definition) is 1. The highest BCUT2D eigenvalue weighted by atomic mass is 32.2. The van der Waals surface area contributed by atoms with E-state index in [1.54, 1.807) is 60.5 Å². The lowest BCUT2D eigenvalue weighted by molar-refractivity contribution is -0.118. The average Bonchev–Trinajstić information content (AvgIpc) is 2.47. The second kappa shape index (κ2) is 6.93. The molecule has 0 saturated carbocycles. The molecule has 2 rings (SSSR count). The number of hydrogen-bond acceptors (Lipinski definition) is 4. The Morgan fingerprint density at radius 3 is 1.96 bits per heavy atom. The Labute approximate surface area is 136 Å². The maximum atomic E-state index is 12.6. The van der Waals surface area contributed by atoms with Crippen LogP contribution < -0.4 is 5.73 Å². The van der Waals surface area contributed by atoms with E-state index in [2.05, 4.69) is 0 Å². The van der Waals surface area contributed by atoms with Gasteiger partial charge in [0.1, 0.15) is 0 Å². The van der Waals surface area contributed by atoms with Crippen LogP contribution in [-0.2, 0) is 21.2 Å². The Kier molecular flexibility index (Phi) is 5.18. The number of primary amides is 1. The minimum Gasteiger partial charge on any atom is -0.369 e. The molecule has 0 heterocycles. The van der Waals surface area contributed by atoms with E-state index < -0.39 is 15.7 Å². The SMILES string of the molecule is Cc1ccc(S(=O)(=O)c2ccc(CN(C)CC(N)=O)cc2)cc1. The molecule has 23 heavy (non-hydrogen) atoms. The average molecular weight is 332 g/mol. The molecule has 0 saturated heterocycles. The summed E-state index contributed by atoms with van der Waals surface area (Å²) in [5.74, 6) is -0.397. The molecule has 0 aromatic heterocycles. The summed E-state index contributed by atoms with van der Waals surface area (Å²) in [7, 11) is -1.73. The van der Waals surface area contributed by atoms with Crippen molar-refractivity contribution in [3.05, 3.63) is 59.7 Å². The van der Waals surface area contributed by atoms with Crippen LogP contribution >= 0.6 is 0 Å². The first-order valence-corrected chi connectivity index (χ1v) is 8.65. The van der Waals surface area contributed by atoms with Gasteiger partial charge in [-0.1, -0.05) is 29.8 Å². The van der Waals surface area contributed by atoms with Crippen LogP contribution in [0.3, 0.4) is 0 Å². The predicted octanol–water partition coefficient (Wildman–Crippen LogP) is 1.74. The maximum absolute atomic E-state index is 12.6. The third-order valence-electron chi connectivity index (χ3n) is 3.44. The number of nitrogens with zero attached hydrogens (tertiary/aromatic N) is 1. The summed E-state index contributed by atoms with van der Waals surface area (Å²) in [5, 5.41) is 0. The second-order valence-corrected chi connectivity index (χ2v) is 7.55. The summed E-state index contributed by atoms with van der Waals surface area (Å²) in [6.45, 7) is 2.59. The van der Waals surface area contributed by atoms with Crippen LogP contribution in [-0.4, -0.2) is 32.8 Å². The largest absolute Gasteiger partial charge is 0.369 e. The van der Waals surface area contributed by atoms with Crippen molar-refractivity contribution in [2.24, 2.45) is 5.73 Å². The number of aryl methyl sites for hydroxylation is 1. The lowest BCUT2D eigenvalue weighted by Gasteiger charge is -2.14. The van der Waals surface area contributed by atoms with Gasteiger partial charge in [-0.05, 0) is 43.8 Å². The zero-order valence-electron chi connectivity index (χ0n) is 13.2. The Morgan fingerprint density at radius 2 is 1.48 bits per heavy atom. The van der Waals surface area contributed by atoms with Gasteiger partial charge in [0.05, 0.1) is 16.3 Å². The summed E-state index contributed by atoms with van der Waals surface area (Å²) in [6.07, 6.45) is 0. The zero-order valence-corrected chi connectivity index (χ0v) is 14.0. The monoisotopic (exact) mass is 332 g/mol. The molecule has 0 aliphatic rings. The van der Waals surface area contributed by atoms with E-state index in [1.165, 1.54) is 0 Å². The topological polar surface area (TPSA) is 80.5 Å². The highest BCUT2D eigenvalue weighted by Gasteiger charge is 2.17. The van der Waals surface area contributed by atoms with Crippen LogP contribution in [0.15, 0.2) is 58.3 Å². The van der Waals surface area contributed by atoms with Crippen molar-refractivity contribution >= 4 is 15.7 Å². The molecule has 0 spiro atoms. The van der Waals surface area contributed by atoms with E-state index in [4.69, 9.17) is 5.73 Å². The minimum absolute atomic E-state index is 0.156. The quantitative estimate of drug-likeness (QED) is 0.874. The van der Waals surface area contributed by atoms with Gasteiger partial charge in [0, 0.05) is 6.54 Å². The van der Waals surface area contributed by atoms with Gasteiger partial charge in [0.25, 0.3) is 0 Å². The first-order valence-electron chi connectivity index (χ1n) is 7.16. The van der Waals surface area contributed by atoms with E-state index in [9.17, 15) is 13.2 Å². The molecular formula is C17H20N2O3S. The van der Waals surface area contributed by atoms with Gasteiger partial charge in [-0.3, -0.25) is 9.69 Å². The zero-order chi connectivity index (χ0) is 17.0. The minimum atomic E-state index is -3.51. The summed E-state index contributed by atoms with van der Waals surface area (Å²) in [4.78, 5) is 13.2. The number of carbonyl (C=O) groups is 1. The lowest BCUT2D eigenvalue weighted by atomic mass is 10.2. The van der Waals surface area contributed by atoms with Gasteiger partial charge < -0.3 is 5.73 Å². The maximum Gasteiger partial charge on any atom is 0.231 e.